The lowest BCUT2D eigenvalue weighted by Gasteiger charge is -2.23. The molecule has 0 amide bonds. The standard InChI is InChI=1S/C12H17N3O7/c16-6-10(18)12(20)11(19)9(17)5-13-14-7-1-3-8(4-2-7)15(21)22/h1-5,9-12,14,16-20H,6H2/b13-5+/t9-,10+,11+,12+/m0/s1. The molecule has 0 heterocycles. The molecule has 10 nitrogen and oxygen atoms in total. The number of hydrazone groups is 1. The highest BCUT2D eigenvalue weighted by Gasteiger charge is 2.29. The second-order valence-corrected chi connectivity index (χ2v) is 4.42. The minimum Gasteiger partial charge on any atom is -0.394 e. The maximum Gasteiger partial charge on any atom is 0.269 e. The summed E-state index contributed by atoms with van der Waals surface area (Å²) < 4.78 is 0. The molecule has 0 saturated heterocycles. The number of benzene rings is 1. The van der Waals surface area contributed by atoms with Gasteiger partial charge in [0.05, 0.1) is 23.4 Å². The molecule has 1 aromatic rings. The van der Waals surface area contributed by atoms with Crippen LogP contribution in [0.2, 0.25) is 0 Å². The first-order valence-electron chi connectivity index (χ1n) is 6.23. The molecule has 10 heteroatoms. The number of hydrogen-bond acceptors (Lipinski definition) is 9. The highest BCUT2D eigenvalue weighted by Crippen LogP contribution is 2.15. The van der Waals surface area contributed by atoms with Gasteiger partial charge in [0.1, 0.15) is 24.4 Å². The Labute approximate surface area is 125 Å². The number of nitro benzene ring substituents is 1. The molecule has 0 bridgehead atoms. The van der Waals surface area contributed by atoms with Crippen LogP contribution < -0.4 is 5.43 Å². The number of nitrogens with zero attached hydrogens (tertiary/aromatic N) is 2. The van der Waals surface area contributed by atoms with Crippen LogP contribution in [-0.2, 0) is 0 Å². The molecule has 0 unspecified atom stereocenters. The molecule has 6 N–H and O–H groups in total. The van der Waals surface area contributed by atoms with Gasteiger partial charge >= 0.3 is 0 Å². The summed E-state index contributed by atoms with van der Waals surface area (Å²) >= 11 is 0. The Morgan fingerprint density at radius 2 is 1.77 bits per heavy atom. The molecule has 0 fully saturated rings. The van der Waals surface area contributed by atoms with E-state index in [1.807, 2.05) is 0 Å². The summed E-state index contributed by atoms with van der Waals surface area (Å²) in [5.41, 5.74) is 2.77. The molecule has 1 aromatic carbocycles. The molecule has 4 atom stereocenters. The van der Waals surface area contributed by atoms with Crippen LogP contribution in [-0.4, -0.2) is 67.7 Å². The smallest absolute Gasteiger partial charge is 0.269 e. The van der Waals surface area contributed by atoms with Crippen LogP contribution in [0.4, 0.5) is 11.4 Å². The Morgan fingerprint density at radius 1 is 1.18 bits per heavy atom. The van der Waals surface area contributed by atoms with Crippen LogP contribution in [0, 0.1) is 10.1 Å². The van der Waals surface area contributed by atoms with E-state index in [1.165, 1.54) is 24.3 Å². The molecule has 0 aliphatic heterocycles. The minimum atomic E-state index is -1.75. The van der Waals surface area contributed by atoms with Crippen LogP contribution in [0.25, 0.3) is 0 Å². The summed E-state index contributed by atoms with van der Waals surface area (Å²) in [4.78, 5) is 9.91. The number of anilines is 1. The lowest BCUT2D eigenvalue weighted by atomic mass is 10.0. The zero-order chi connectivity index (χ0) is 16.7. The maximum absolute atomic E-state index is 10.5. The van der Waals surface area contributed by atoms with Gasteiger partial charge in [-0.25, -0.2) is 0 Å². The molecular formula is C12H17N3O7. The molecule has 0 aromatic heterocycles. The number of nitro groups is 1. The van der Waals surface area contributed by atoms with E-state index in [-0.39, 0.29) is 5.69 Å². The zero-order valence-electron chi connectivity index (χ0n) is 11.4. The van der Waals surface area contributed by atoms with Gasteiger partial charge < -0.3 is 25.5 Å². The van der Waals surface area contributed by atoms with Crippen molar-refractivity contribution in [3.63, 3.8) is 0 Å². The van der Waals surface area contributed by atoms with Crippen molar-refractivity contribution in [3.8, 4) is 0 Å². The third kappa shape index (κ3) is 5.02. The van der Waals surface area contributed by atoms with Gasteiger partial charge in [-0.2, -0.15) is 5.10 Å². The maximum atomic E-state index is 10.5. The summed E-state index contributed by atoms with van der Waals surface area (Å²) in [6.45, 7) is -0.775. The van der Waals surface area contributed by atoms with Crippen molar-refractivity contribution in [2.75, 3.05) is 12.0 Å². The molecule has 22 heavy (non-hydrogen) atoms. The van der Waals surface area contributed by atoms with E-state index in [2.05, 4.69) is 10.5 Å². The van der Waals surface area contributed by atoms with E-state index in [9.17, 15) is 25.4 Å². The van der Waals surface area contributed by atoms with E-state index >= 15 is 0 Å². The fraction of sp³-hybridized carbons (Fsp3) is 0.417. The summed E-state index contributed by atoms with van der Waals surface area (Å²) in [6.07, 6.45) is -5.81. The van der Waals surface area contributed by atoms with Crippen molar-refractivity contribution >= 4 is 17.6 Å². The van der Waals surface area contributed by atoms with Gasteiger partial charge in [0.2, 0.25) is 0 Å². The topological polar surface area (TPSA) is 169 Å². The van der Waals surface area contributed by atoms with Gasteiger partial charge in [-0.3, -0.25) is 15.5 Å². The monoisotopic (exact) mass is 315 g/mol. The number of rotatable bonds is 8. The molecule has 0 radical (unpaired) electrons. The minimum absolute atomic E-state index is 0.0916. The van der Waals surface area contributed by atoms with Crippen LogP contribution in [0.1, 0.15) is 0 Å². The quantitative estimate of drug-likeness (QED) is 0.190. The molecule has 1 rings (SSSR count). The Hall–Kier alpha value is -2.11. The second kappa shape index (κ2) is 8.36. The van der Waals surface area contributed by atoms with E-state index in [1.54, 1.807) is 0 Å². The zero-order valence-corrected chi connectivity index (χ0v) is 11.4. The second-order valence-electron chi connectivity index (χ2n) is 4.42. The first-order valence-corrected chi connectivity index (χ1v) is 6.23. The number of nitrogens with one attached hydrogen (secondary N) is 1. The average molecular weight is 315 g/mol. The van der Waals surface area contributed by atoms with Crippen LogP contribution >= 0.6 is 0 Å². The number of aliphatic hydroxyl groups excluding tert-OH is 5. The number of aliphatic hydroxyl groups is 5. The molecule has 0 aliphatic carbocycles. The Morgan fingerprint density at radius 3 is 2.27 bits per heavy atom. The van der Waals surface area contributed by atoms with E-state index in [0.29, 0.717) is 5.69 Å². The Kier molecular flexibility index (Phi) is 6.82. The SMILES string of the molecule is O=[N+]([O-])c1ccc(N/N=C/[C@H](O)[C@@H](O)[C@H](O)[C@H](O)CO)cc1. The van der Waals surface area contributed by atoms with Gasteiger partial charge in [0.25, 0.3) is 5.69 Å². The van der Waals surface area contributed by atoms with Crippen molar-refractivity contribution in [1.29, 1.82) is 0 Å². The summed E-state index contributed by atoms with van der Waals surface area (Å²) in [6, 6.07) is 5.29. The van der Waals surface area contributed by atoms with Gasteiger partial charge in [-0.05, 0) is 12.1 Å². The normalized spacial score (nSPS) is 17.0. The lowest BCUT2D eigenvalue weighted by molar-refractivity contribution is -0.384. The van der Waals surface area contributed by atoms with Crippen LogP contribution in [0.3, 0.4) is 0 Å². The van der Waals surface area contributed by atoms with Gasteiger partial charge in [-0.15, -0.1) is 0 Å². The number of hydrogen-bond donors (Lipinski definition) is 6. The fourth-order valence-corrected chi connectivity index (χ4v) is 1.47. The van der Waals surface area contributed by atoms with Crippen molar-refractivity contribution in [3.05, 3.63) is 34.4 Å². The van der Waals surface area contributed by atoms with E-state index in [4.69, 9.17) is 10.2 Å². The molecule has 0 aliphatic rings. The predicted octanol–water partition coefficient (Wildman–Crippen LogP) is -1.57. The number of non-ortho nitro benzene ring substituents is 1. The first-order chi connectivity index (χ1) is 10.4. The van der Waals surface area contributed by atoms with Crippen molar-refractivity contribution in [2.24, 2.45) is 5.10 Å². The largest absolute Gasteiger partial charge is 0.394 e. The van der Waals surface area contributed by atoms with E-state index < -0.39 is 35.9 Å². The summed E-state index contributed by atoms with van der Waals surface area (Å²) in [5.74, 6) is 0. The van der Waals surface area contributed by atoms with Gasteiger partial charge in [-0.1, -0.05) is 0 Å². The van der Waals surface area contributed by atoms with Crippen molar-refractivity contribution < 1.29 is 30.5 Å². The average Bonchev–Trinajstić information content (AvgIpc) is 2.52. The lowest BCUT2D eigenvalue weighted by Crippen LogP contribution is -2.46. The first kappa shape index (κ1) is 17.9. The fourth-order valence-electron chi connectivity index (χ4n) is 1.47. The van der Waals surface area contributed by atoms with Crippen LogP contribution in [0.5, 0.6) is 0 Å². The Bertz CT molecular complexity index is 508. The molecular weight excluding hydrogens is 298 g/mol. The van der Waals surface area contributed by atoms with Crippen molar-refractivity contribution in [2.45, 2.75) is 24.4 Å². The summed E-state index contributed by atoms with van der Waals surface area (Å²) in [7, 11) is 0. The molecule has 0 saturated carbocycles. The predicted molar refractivity (Wildman–Crippen MR) is 76.3 cm³/mol. The van der Waals surface area contributed by atoms with Gasteiger partial charge in [0, 0.05) is 12.1 Å². The summed E-state index contributed by atoms with van der Waals surface area (Å²) in [5, 5.41) is 60.3. The third-order valence-corrected chi connectivity index (χ3v) is 2.78. The van der Waals surface area contributed by atoms with Crippen LogP contribution in [0.15, 0.2) is 29.4 Å². The van der Waals surface area contributed by atoms with E-state index in [0.717, 1.165) is 6.21 Å². The molecule has 122 valence electrons. The third-order valence-electron chi connectivity index (χ3n) is 2.78. The highest BCUT2D eigenvalue weighted by atomic mass is 16.6. The van der Waals surface area contributed by atoms with Gasteiger partial charge in [0.15, 0.2) is 0 Å². The Balaban J connectivity index is 2.55. The molecule has 0 spiro atoms. The highest BCUT2D eigenvalue weighted by molar-refractivity contribution is 5.65. The van der Waals surface area contributed by atoms with Crippen molar-refractivity contribution in [1.82, 2.24) is 0 Å².